The SMILES string of the molecule is COc1cc(C#N)ccc1Oc1ncc([N+](=O)[O-])cn1. The van der Waals surface area contributed by atoms with Gasteiger partial charge in [-0.1, -0.05) is 0 Å². The summed E-state index contributed by atoms with van der Waals surface area (Å²) in [4.78, 5) is 17.3. The lowest BCUT2D eigenvalue weighted by atomic mass is 10.2. The lowest BCUT2D eigenvalue weighted by molar-refractivity contribution is -0.385. The van der Waals surface area contributed by atoms with Crippen LogP contribution in [0.4, 0.5) is 5.69 Å². The number of hydrogen-bond acceptors (Lipinski definition) is 7. The molecule has 8 heteroatoms. The zero-order chi connectivity index (χ0) is 14.5. The Bertz CT molecular complexity index is 679. The van der Waals surface area contributed by atoms with Crippen LogP contribution in [0.3, 0.4) is 0 Å². The van der Waals surface area contributed by atoms with Crippen molar-refractivity contribution < 1.29 is 14.4 Å². The highest BCUT2D eigenvalue weighted by atomic mass is 16.6. The molecule has 0 radical (unpaired) electrons. The molecule has 1 heterocycles. The predicted molar refractivity (Wildman–Crippen MR) is 66.5 cm³/mol. The molecule has 0 saturated heterocycles. The van der Waals surface area contributed by atoms with Crippen molar-refractivity contribution in [2.75, 3.05) is 7.11 Å². The van der Waals surface area contributed by atoms with Crippen LogP contribution in [0, 0.1) is 21.4 Å². The highest BCUT2D eigenvalue weighted by Gasteiger charge is 2.11. The van der Waals surface area contributed by atoms with E-state index in [1.807, 2.05) is 6.07 Å². The van der Waals surface area contributed by atoms with Crippen molar-refractivity contribution in [2.45, 2.75) is 0 Å². The lowest BCUT2D eigenvalue weighted by Gasteiger charge is -2.08. The average molecular weight is 272 g/mol. The highest BCUT2D eigenvalue weighted by Crippen LogP contribution is 2.30. The Morgan fingerprint density at radius 2 is 2.00 bits per heavy atom. The molecule has 0 N–H and O–H groups in total. The minimum Gasteiger partial charge on any atom is -0.493 e. The van der Waals surface area contributed by atoms with Gasteiger partial charge in [-0.2, -0.15) is 15.2 Å². The minimum absolute atomic E-state index is 0.0568. The van der Waals surface area contributed by atoms with Crippen LogP contribution >= 0.6 is 0 Å². The highest BCUT2D eigenvalue weighted by molar-refractivity contribution is 5.47. The van der Waals surface area contributed by atoms with E-state index in [9.17, 15) is 10.1 Å². The second-order valence-electron chi connectivity index (χ2n) is 3.56. The van der Waals surface area contributed by atoms with Gasteiger partial charge in [0.25, 0.3) is 0 Å². The molecule has 0 fully saturated rings. The fourth-order valence-electron chi connectivity index (χ4n) is 1.38. The summed E-state index contributed by atoms with van der Waals surface area (Å²) in [6.45, 7) is 0. The van der Waals surface area contributed by atoms with Gasteiger partial charge >= 0.3 is 11.7 Å². The van der Waals surface area contributed by atoms with Gasteiger partial charge in [0.05, 0.1) is 23.7 Å². The van der Waals surface area contributed by atoms with Gasteiger partial charge in [-0.3, -0.25) is 10.1 Å². The van der Waals surface area contributed by atoms with Gasteiger partial charge in [0.15, 0.2) is 11.5 Å². The Balaban J connectivity index is 2.25. The van der Waals surface area contributed by atoms with Crippen LogP contribution in [0.25, 0.3) is 0 Å². The molecule has 0 unspecified atom stereocenters. The Morgan fingerprint density at radius 3 is 2.55 bits per heavy atom. The van der Waals surface area contributed by atoms with Crippen LogP contribution in [0.1, 0.15) is 5.56 Å². The Labute approximate surface area is 113 Å². The molecule has 0 saturated carbocycles. The van der Waals surface area contributed by atoms with E-state index in [-0.39, 0.29) is 11.7 Å². The molecule has 0 amide bonds. The Morgan fingerprint density at radius 1 is 1.30 bits per heavy atom. The molecular weight excluding hydrogens is 264 g/mol. The van der Waals surface area contributed by atoms with E-state index in [0.29, 0.717) is 17.1 Å². The summed E-state index contributed by atoms with van der Waals surface area (Å²) in [5.74, 6) is 0.645. The summed E-state index contributed by atoms with van der Waals surface area (Å²) in [6.07, 6.45) is 2.08. The first-order valence-electron chi connectivity index (χ1n) is 5.36. The molecule has 8 nitrogen and oxygen atoms in total. The van der Waals surface area contributed by atoms with Crippen molar-refractivity contribution in [3.63, 3.8) is 0 Å². The molecule has 0 aliphatic carbocycles. The zero-order valence-electron chi connectivity index (χ0n) is 10.3. The summed E-state index contributed by atoms with van der Waals surface area (Å²) in [6, 6.07) is 6.49. The largest absolute Gasteiger partial charge is 0.493 e. The van der Waals surface area contributed by atoms with Crippen LogP contribution in [0.5, 0.6) is 17.5 Å². The second-order valence-corrected chi connectivity index (χ2v) is 3.56. The van der Waals surface area contributed by atoms with Gasteiger partial charge in [-0.05, 0) is 12.1 Å². The number of nitro groups is 1. The quantitative estimate of drug-likeness (QED) is 0.618. The van der Waals surface area contributed by atoms with Crippen molar-refractivity contribution in [2.24, 2.45) is 0 Å². The topological polar surface area (TPSA) is 111 Å². The first kappa shape index (κ1) is 13.2. The van der Waals surface area contributed by atoms with E-state index in [0.717, 1.165) is 12.4 Å². The molecule has 2 aromatic rings. The number of benzene rings is 1. The molecule has 20 heavy (non-hydrogen) atoms. The fourth-order valence-corrected chi connectivity index (χ4v) is 1.38. The zero-order valence-corrected chi connectivity index (χ0v) is 10.3. The Hall–Kier alpha value is -3.21. The average Bonchev–Trinajstić information content (AvgIpc) is 2.48. The van der Waals surface area contributed by atoms with Gasteiger partial charge in [0, 0.05) is 6.07 Å². The second kappa shape index (κ2) is 5.62. The maximum absolute atomic E-state index is 10.5. The third-order valence-electron chi connectivity index (χ3n) is 2.32. The molecule has 0 bridgehead atoms. The van der Waals surface area contributed by atoms with E-state index in [1.165, 1.54) is 19.2 Å². The monoisotopic (exact) mass is 272 g/mol. The van der Waals surface area contributed by atoms with Crippen LogP contribution in [0.2, 0.25) is 0 Å². The maximum atomic E-state index is 10.5. The summed E-state index contributed by atoms with van der Waals surface area (Å²) in [7, 11) is 1.43. The number of nitriles is 1. The van der Waals surface area contributed by atoms with Crippen LogP contribution in [-0.2, 0) is 0 Å². The van der Waals surface area contributed by atoms with Crippen LogP contribution < -0.4 is 9.47 Å². The van der Waals surface area contributed by atoms with Crippen molar-refractivity contribution >= 4 is 5.69 Å². The molecule has 0 spiro atoms. The number of nitrogens with zero attached hydrogens (tertiary/aromatic N) is 4. The first-order valence-corrected chi connectivity index (χ1v) is 5.36. The van der Waals surface area contributed by atoms with Gasteiger partial charge in [0.1, 0.15) is 12.4 Å². The van der Waals surface area contributed by atoms with Gasteiger partial charge in [-0.25, -0.2) is 0 Å². The first-order chi connectivity index (χ1) is 9.63. The summed E-state index contributed by atoms with van der Waals surface area (Å²) in [5, 5.41) is 19.3. The molecular formula is C12H8N4O4. The van der Waals surface area contributed by atoms with Gasteiger partial charge < -0.3 is 9.47 Å². The summed E-state index contributed by atoms with van der Waals surface area (Å²) in [5.41, 5.74) is 0.183. The normalized spacial score (nSPS) is 9.60. The van der Waals surface area contributed by atoms with Crippen LogP contribution in [-0.4, -0.2) is 22.0 Å². The third-order valence-corrected chi connectivity index (χ3v) is 2.32. The molecule has 0 atom stereocenters. The smallest absolute Gasteiger partial charge is 0.322 e. The number of methoxy groups -OCH3 is 1. The molecule has 0 aliphatic rings. The van der Waals surface area contributed by atoms with E-state index < -0.39 is 4.92 Å². The van der Waals surface area contributed by atoms with E-state index in [1.54, 1.807) is 6.07 Å². The van der Waals surface area contributed by atoms with Crippen LogP contribution in [0.15, 0.2) is 30.6 Å². The summed E-state index contributed by atoms with van der Waals surface area (Å²) < 4.78 is 10.4. The van der Waals surface area contributed by atoms with Gasteiger partial charge in [-0.15, -0.1) is 0 Å². The predicted octanol–water partition coefficient (Wildman–Crippen LogP) is 2.06. The molecule has 0 aliphatic heterocycles. The number of aromatic nitrogens is 2. The van der Waals surface area contributed by atoms with Crippen molar-refractivity contribution in [3.8, 4) is 23.6 Å². The standard InChI is InChI=1S/C12H8N4O4/c1-19-11-4-8(5-13)2-3-10(11)20-12-14-6-9(7-15-12)16(17)18/h2-4,6-7H,1H3. The lowest BCUT2D eigenvalue weighted by Crippen LogP contribution is -1.96. The number of hydrogen-bond donors (Lipinski definition) is 0. The Kier molecular flexibility index (Phi) is 3.72. The maximum Gasteiger partial charge on any atom is 0.322 e. The van der Waals surface area contributed by atoms with Gasteiger partial charge in [0.2, 0.25) is 0 Å². The molecule has 100 valence electrons. The molecule has 2 rings (SSSR count). The molecule has 1 aromatic heterocycles. The molecule has 1 aromatic carbocycles. The number of ether oxygens (including phenoxy) is 2. The summed E-state index contributed by atoms with van der Waals surface area (Å²) >= 11 is 0. The fraction of sp³-hybridized carbons (Fsp3) is 0.0833. The minimum atomic E-state index is -0.605. The van der Waals surface area contributed by atoms with E-state index >= 15 is 0 Å². The van der Waals surface area contributed by atoms with Crippen molar-refractivity contribution in [1.29, 1.82) is 5.26 Å². The van der Waals surface area contributed by atoms with E-state index in [4.69, 9.17) is 14.7 Å². The third kappa shape index (κ3) is 2.78. The van der Waals surface area contributed by atoms with E-state index in [2.05, 4.69) is 9.97 Å². The number of rotatable bonds is 4. The van der Waals surface area contributed by atoms with Crippen molar-refractivity contribution in [3.05, 3.63) is 46.3 Å². The van der Waals surface area contributed by atoms with Crippen molar-refractivity contribution in [1.82, 2.24) is 9.97 Å².